The molecule has 8 heteroatoms. The molecule has 1 aromatic rings. The summed E-state index contributed by atoms with van der Waals surface area (Å²) in [6.45, 7) is -0.219. The number of benzene rings is 1. The second kappa shape index (κ2) is 5.77. The van der Waals surface area contributed by atoms with Crippen LogP contribution in [0.4, 0.5) is 4.39 Å². The first-order valence-corrected chi connectivity index (χ1v) is 7.12. The summed E-state index contributed by atoms with van der Waals surface area (Å²) in [4.78, 5) is 9.90. The molecule has 1 N–H and O–H groups in total. The maximum absolute atomic E-state index is 13.7. The van der Waals surface area contributed by atoms with Gasteiger partial charge in [0.1, 0.15) is 4.90 Å². The molecule has 0 spiro atoms. The van der Waals surface area contributed by atoms with E-state index in [4.69, 9.17) is 5.11 Å². The van der Waals surface area contributed by atoms with E-state index in [1.807, 2.05) is 0 Å². The molecule has 5 nitrogen and oxygen atoms in total. The van der Waals surface area contributed by atoms with Crippen LogP contribution in [0.1, 0.15) is 6.42 Å². The van der Waals surface area contributed by atoms with E-state index in [1.165, 1.54) is 19.2 Å². The fourth-order valence-corrected chi connectivity index (χ4v) is 2.98. The van der Waals surface area contributed by atoms with Gasteiger partial charge in [0, 0.05) is 13.6 Å². The van der Waals surface area contributed by atoms with Crippen molar-refractivity contribution in [1.82, 2.24) is 4.31 Å². The average Bonchev–Trinajstić information content (AvgIpc) is 2.29. The number of hydrogen-bond acceptors (Lipinski definition) is 3. The van der Waals surface area contributed by atoms with Crippen molar-refractivity contribution in [2.45, 2.75) is 11.3 Å². The van der Waals surface area contributed by atoms with Crippen LogP contribution < -0.4 is 0 Å². The fourth-order valence-electron chi connectivity index (χ4n) is 1.22. The molecular formula is C10H11BrFNO4S. The second-order valence-corrected chi connectivity index (χ2v) is 6.39. The maximum atomic E-state index is 13.7. The lowest BCUT2D eigenvalue weighted by Gasteiger charge is -2.16. The molecule has 0 bridgehead atoms. The van der Waals surface area contributed by atoms with Crippen LogP contribution in [0.25, 0.3) is 0 Å². The van der Waals surface area contributed by atoms with Crippen LogP contribution in [-0.4, -0.2) is 37.4 Å². The Bertz CT molecular complexity index is 561. The number of carboxylic acids is 1. The molecule has 0 amide bonds. The fraction of sp³-hybridized carbons (Fsp3) is 0.300. The highest BCUT2D eigenvalue weighted by Crippen LogP contribution is 2.24. The molecule has 0 aliphatic carbocycles. The normalized spacial score (nSPS) is 11.8. The summed E-state index contributed by atoms with van der Waals surface area (Å²) in [5.74, 6) is -2.01. The van der Waals surface area contributed by atoms with E-state index in [0.717, 1.165) is 10.4 Å². The van der Waals surface area contributed by atoms with Crippen molar-refractivity contribution in [1.29, 1.82) is 0 Å². The monoisotopic (exact) mass is 339 g/mol. The van der Waals surface area contributed by atoms with Crippen molar-refractivity contribution in [2.75, 3.05) is 13.6 Å². The first-order valence-electron chi connectivity index (χ1n) is 4.89. The van der Waals surface area contributed by atoms with Crippen LogP contribution in [0.2, 0.25) is 0 Å². The van der Waals surface area contributed by atoms with Gasteiger partial charge in [0.05, 0.1) is 10.9 Å². The lowest BCUT2D eigenvalue weighted by molar-refractivity contribution is -0.137. The number of nitrogens with zero attached hydrogens (tertiary/aromatic N) is 1. The van der Waals surface area contributed by atoms with Crippen LogP contribution in [0.5, 0.6) is 0 Å². The average molecular weight is 340 g/mol. The highest BCUT2D eigenvalue weighted by molar-refractivity contribution is 9.10. The van der Waals surface area contributed by atoms with Gasteiger partial charge >= 0.3 is 5.97 Å². The van der Waals surface area contributed by atoms with Gasteiger partial charge in [0.25, 0.3) is 0 Å². The molecule has 0 saturated carbocycles. The number of rotatable bonds is 5. The van der Waals surface area contributed by atoms with Gasteiger partial charge in [-0.05, 0) is 28.1 Å². The minimum atomic E-state index is -4.02. The zero-order valence-corrected chi connectivity index (χ0v) is 11.8. The number of carbonyl (C=O) groups is 1. The predicted octanol–water partition coefficient (Wildman–Crippen LogP) is 1.68. The molecule has 1 aromatic carbocycles. The lowest BCUT2D eigenvalue weighted by Crippen LogP contribution is -2.29. The van der Waals surface area contributed by atoms with Crippen LogP contribution in [0.15, 0.2) is 27.6 Å². The Morgan fingerprint density at radius 3 is 2.67 bits per heavy atom. The van der Waals surface area contributed by atoms with E-state index >= 15 is 0 Å². The van der Waals surface area contributed by atoms with Crippen molar-refractivity contribution in [2.24, 2.45) is 0 Å². The first-order chi connectivity index (χ1) is 8.26. The number of halogens is 2. The number of carboxylic acid groups (broad SMARTS) is 1. The van der Waals surface area contributed by atoms with Crippen LogP contribution in [-0.2, 0) is 14.8 Å². The Morgan fingerprint density at radius 1 is 1.50 bits per heavy atom. The Morgan fingerprint density at radius 2 is 2.11 bits per heavy atom. The molecule has 1 rings (SSSR count). The highest BCUT2D eigenvalue weighted by Gasteiger charge is 2.25. The molecule has 0 radical (unpaired) electrons. The van der Waals surface area contributed by atoms with E-state index in [2.05, 4.69) is 15.9 Å². The van der Waals surface area contributed by atoms with E-state index in [9.17, 15) is 17.6 Å². The highest BCUT2D eigenvalue weighted by atomic mass is 79.9. The van der Waals surface area contributed by atoms with Gasteiger partial charge in [0.15, 0.2) is 5.82 Å². The molecule has 0 aromatic heterocycles. The van der Waals surface area contributed by atoms with E-state index in [-0.39, 0.29) is 17.4 Å². The number of aliphatic carboxylic acids is 1. The smallest absolute Gasteiger partial charge is 0.304 e. The Hall–Kier alpha value is -0.990. The molecule has 0 atom stereocenters. The summed E-state index contributed by atoms with van der Waals surface area (Å²) in [5.41, 5.74) is 0. The second-order valence-electron chi connectivity index (χ2n) is 3.52. The molecule has 0 saturated heterocycles. The van der Waals surface area contributed by atoms with E-state index in [1.54, 1.807) is 0 Å². The number of hydrogen-bond donors (Lipinski definition) is 1. The third-order valence-corrected chi connectivity index (χ3v) is 4.73. The Balaban J connectivity index is 3.06. The zero-order chi connectivity index (χ0) is 13.9. The summed E-state index contributed by atoms with van der Waals surface area (Å²) in [6.07, 6.45) is -0.342. The van der Waals surface area contributed by atoms with Crippen LogP contribution in [0, 0.1) is 5.82 Å². The maximum Gasteiger partial charge on any atom is 0.304 e. The topological polar surface area (TPSA) is 74.7 Å². The SMILES string of the molecule is CN(CCC(=O)O)S(=O)(=O)c1cccc(Br)c1F. The van der Waals surface area contributed by atoms with Gasteiger partial charge in [-0.1, -0.05) is 6.07 Å². The van der Waals surface area contributed by atoms with Crippen molar-refractivity contribution in [3.05, 3.63) is 28.5 Å². The minimum absolute atomic E-state index is 0.0372. The summed E-state index contributed by atoms with van der Waals surface area (Å²) in [5, 5.41) is 8.49. The van der Waals surface area contributed by atoms with E-state index < -0.39 is 26.7 Å². The molecular weight excluding hydrogens is 329 g/mol. The van der Waals surface area contributed by atoms with Gasteiger partial charge < -0.3 is 5.11 Å². The third kappa shape index (κ3) is 3.27. The Labute approximate surface area is 112 Å². The summed E-state index contributed by atoms with van der Waals surface area (Å²) >= 11 is 2.90. The van der Waals surface area contributed by atoms with Crippen molar-refractivity contribution in [3.63, 3.8) is 0 Å². The summed E-state index contributed by atoms with van der Waals surface area (Å²) < 4.78 is 38.5. The number of sulfonamides is 1. The molecule has 0 fully saturated rings. The van der Waals surface area contributed by atoms with Gasteiger partial charge in [-0.2, -0.15) is 0 Å². The van der Waals surface area contributed by atoms with Gasteiger partial charge in [-0.3, -0.25) is 4.79 Å². The van der Waals surface area contributed by atoms with Crippen LogP contribution in [0.3, 0.4) is 0 Å². The van der Waals surface area contributed by atoms with Gasteiger partial charge in [-0.15, -0.1) is 0 Å². The summed E-state index contributed by atoms with van der Waals surface area (Å²) in [6, 6.07) is 3.91. The standard InChI is InChI=1S/C10H11BrFNO4S/c1-13(6-5-9(14)15)18(16,17)8-4-2-3-7(11)10(8)12/h2-4H,5-6H2,1H3,(H,14,15). The van der Waals surface area contributed by atoms with Crippen molar-refractivity contribution >= 4 is 31.9 Å². The largest absolute Gasteiger partial charge is 0.481 e. The Kier molecular flexibility index (Phi) is 4.83. The molecule has 18 heavy (non-hydrogen) atoms. The molecule has 0 unspecified atom stereocenters. The lowest BCUT2D eigenvalue weighted by atomic mass is 10.3. The van der Waals surface area contributed by atoms with Gasteiger partial charge in [-0.25, -0.2) is 17.1 Å². The van der Waals surface area contributed by atoms with Crippen LogP contribution >= 0.6 is 15.9 Å². The zero-order valence-electron chi connectivity index (χ0n) is 9.43. The predicted molar refractivity (Wildman–Crippen MR) is 66.2 cm³/mol. The minimum Gasteiger partial charge on any atom is -0.481 e. The van der Waals surface area contributed by atoms with E-state index in [0.29, 0.717) is 0 Å². The quantitative estimate of drug-likeness (QED) is 0.885. The van der Waals surface area contributed by atoms with Crippen molar-refractivity contribution in [3.8, 4) is 0 Å². The van der Waals surface area contributed by atoms with Gasteiger partial charge in [0.2, 0.25) is 10.0 Å². The molecule has 0 aliphatic heterocycles. The first kappa shape index (κ1) is 15.1. The molecule has 0 heterocycles. The summed E-state index contributed by atoms with van der Waals surface area (Å²) in [7, 11) is -2.82. The molecule has 0 aliphatic rings. The molecule has 100 valence electrons. The third-order valence-electron chi connectivity index (χ3n) is 2.24. The van der Waals surface area contributed by atoms with Crippen molar-refractivity contribution < 1.29 is 22.7 Å².